The summed E-state index contributed by atoms with van der Waals surface area (Å²) in [5, 5.41) is 2.90. The van der Waals surface area contributed by atoms with Crippen LogP contribution < -0.4 is 16.8 Å². The molecule has 4 heteroatoms. The first-order valence-electron chi connectivity index (χ1n) is 4.57. The average Bonchev–Trinajstić information content (AvgIpc) is 2.21. The smallest absolute Gasteiger partial charge is 0.133 e. The summed E-state index contributed by atoms with van der Waals surface area (Å²) in [5.74, 6) is 1.08. The van der Waals surface area contributed by atoms with Gasteiger partial charge in [0.15, 0.2) is 0 Å². The molecule has 0 bridgehead atoms. The third kappa shape index (κ3) is 2.39. The Labute approximate surface area is 84.1 Å². The summed E-state index contributed by atoms with van der Waals surface area (Å²) < 4.78 is 0. The first-order chi connectivity index (χ1) is 6.67. The van der Waals surface area contributed by atoms with Crippen LogP contribution in [0.15, 0.2) is 41.3 Å². The van der Waals surface area contributed by atoms with Crippen molar-refractivity contribution in [1.82, 2.24) is 5.32 Å². The molecule has 1 heterocycles. The summed E-state index contributed by atoms with van der Waals surface area (Å²) in [4.78, 5) is 4.41. The maximum atomic E-state index is 5.53. The molecule has 0 aromatic rings. The molecule has 0 amide bonds. The number of dihydropyridines is 1. The van der Waals surface area contributed by atoms with Gasteiger partial charge in [0, 0.05) is 11.8 Å². The molecule has 0 aliphatic carbocycles. The van der Waals surface area contributed by atoms with Crippen LogP contribution in [0, 0.1) is 0 Å². The third-order valence-corrected chi connectivity index (χ3v) is 1.98. The van der Waals surface area contributed by atoms with Crippen molar-refractivity contribution in [1.29, 1.82) is 0 Å². The predicted octanol–water partition coefficient (Wildman–Crippen LogP) is 0.595. The molecule has 5 N–H and O–H groups in total. The first-order valence-corrected chi connectivity index (χ1v) is 4.57. The van der Waals surface area contributed by atoms with E-state index in [1.165, 1.54) is 6.20 Å². The summed E-state index contributed by atoms with van der Waals surface area (Å²) in [7, 11) is 0. The van der Waals surface area contributed by atoms with E-state index >= 15 is 0 Å². The van der Waals surface area contributed by atoms with Crippen molar-refractivity contribution in [2.24, 2.45) is 16.5 Å². The zero-order chi connectivity index (χ0) is 10.6. The van der Waals surface area contributed by atoms with Gasteiger partial charge in [-0.2, -0.15) is 0 Å². The number of nitrogens with one attached hydrogen (secondary N) is 1. The normalized spacial score (nSPS) is 22.1. The van der Waals surface area contributed by atoms with Gasteiger partial charge in [-0.1, -0.05) is 25.7 Å². The molecule has 0 spiro atoms. The van der Waals surface area contributed by atoms with Crippen molar-refractivity contribution in [3.8, 4) is 0 Å². The van der Waals surface area contributed by atoms with Crippen LogP contribution in [-0.2, 0) is 0 Å². The molecule has 4 nitrogen and oxygen atoms in total. The number of nitrogens with zero attached hydrogens (tertiary/aromatic N) is 1. The van der Waals surface area contributed by atoms with Gasteiger partial charge in [0.25, 0.3) is 0 Å². The van der Waals surface area contributed by atoms with Crippen molar-refractivity contribution >= 4 is 5.84 Å². The van der Waals surface area contributed by atoms with Crippen LogP contribution in [0.3, 0.4) is 0 Å². The van der Waals surface area contributed by atoms with Gasteiger partial charge in [0.1, 0.15) is 11.7 Å². The molecule has 1 aliphatic rings. The second-order valence-electron chi connectivity index (χ2n) is 3.08. The summed E-state index contributed by atoms with van der Waals surface area (Å²) in [6, 6.07) is 0.202. The molecule has 0 saturated heterocycles. The van der Waals surface area contributed by atoms with E-state index in [9.17, 15) is 0 Å². The molecule has 0 fully saturated rings. The van der Waals surface area contributed by atoms with Crippen molar-refractivity contribution in [3.63, 3.8) is 0 Å². The molecule has 0 radical (unpaired) electrons. The van der Waals surface area contributed by atoms with E-state index in [4.69, 9.17) is 11.5 Å². The van der Waals surface area contributed by atoms with Crippen LogP contribution in [-0.4, -0.2) is 11.9 Å². The predicted molar refractivity (Wildman–Crippen MR) is 59.4 cm³/mol. The SMILES string of the molecule is C=C1C=CC(CC)N=C1N/C(N)=C\N. The second kappa shape index (κ2) is 4.50. The van der Waals surface area contributed by atoms with Gasteiger partial charge in [-0.05, 0) is 6.42 Å². The lowest BCUT2D eigenvalue weighted by Gasteiger charge is -2.17. The lowest BCUT2D eigenvalue weighted by atomic mass is 10.1. The highest BCUT2D eigenvalue weighted by Crippen LogP contribution is 2.11. The van der Waals surface area contributed by atoms with E-state index in [1.807, 2.05) is 12.2 Å². The summed E-state index contributed by atoms with van der Waals surface area (Å²) in [6.07, 6.45) is 6.22. The highest BCUT2D eigenvalue weighted by Gasteiger charge is 2.11. The maximum absolute atomic E-state index is 5.53. The van der Waals surface area contributed by atoms with Gasteiger partial charge in [0.2, 0.25) is 0 Å². The molecule has 1 atom stereocenters. The molecule has 0 aromatic heterocycles. The maximum Gasteiger partial charge on any atom is 0.133 e. The van der Waals surface area contributed by atoms with Crippen LogP contribution in [0.2, 0.25) is 0 Å². The van der Waals surface area contributed by atoms with Crippen LogP contribution in [0.25, 0.3) is 0 Å². The average molecular weight is 192 g/mol. The number of hydrogen-bond donors (Lipinski definition) is 3. The Balaban J connectivity index is 2.75. The highest BCUT2D eigenvalue weighted by molar-refractivity contribution is 6.02. The minimum atomic E-state index is 0.202. The monoisotopic (exact) mass is 192 g/mol. The number of aliphatic imine (C=N–C) groups is 1. The summed E-state index contributed by atoms with van der Waals surface area (Å²) >= 11 is 0. The zero-order valence-corrected chi connectivity index (χ0v) is 8.33. The quantitative estimate of drug-likeness (QED) is 0.599. The van der Waals surface area contributed by atoms with Crippen LogP contribution in [0.1, 0.15) is 13.3 Å². The van der Waals surface area contributed by atoms with Gasteiger partial charge in [0.05, 0.1) is 6.04 Å². The van der Waals surface area contributed by atoms with Gasteiger partial charge < -0.3 is 16.8 Å². The first kappa shape index (κ1) is 10.4. The fraction of sp³-hybridized carbons (Fsp3) is 0.300. The fourth-order valence-corrected chi connectivity index (χ4v) is 1.12. The minimum absolute atomic E-state index is 0.202. The third-order valence-electron chi connectivity index (χ3n) is 1.98. The Morgan fingerprint density at radius 2 is 2.50 bits per heavy atom. The zero-order valence-electron chi connectivity index (χ0n) is 8.33. The molecule has 76 valence electrons. The van der Waals surface area contributed by atoms with E-state index in [1.54, 1.807) is 0 Å². The largest absolute Gasteiger partial charge is 0.402 e. The van der Waals surface area contributed by atoms with E-state index in [-0.39, 0.29) is 6.04 Å². The molecule has 14 heavy (non-hydrogen) atoms. The molecular weight excluding hydrogens is 176 g/mol. The highest BCUT2D eigenvalue weighted by atomic mass is 15.1. The molecular formula is C10H16N4. The molecule has 1 rings (SSSR count). The summed E-state index contributed by atoms with van der Waals surface area (Å²) in [5.41, 5.74) is 11.6. The topological polar surface area (TPSA) is 76.4 Å². The van der Waals surface area contributed by atoms with Gasteiger partial charge in [-0.25, -0.2) is 0 Å². The van der Waals surface area contributed by atoms with Gasteiger partial charge in [-0.3, -0.25) is 4.99 Å². The van der Waals surface area contributed by atoms with E-state index in [2.05, 4.69) is 23.8 Å². The van der Waals surface area contributed by atoms with E-state index in [0.717, 1.165) is 12.0 Å². The lowest BCUT2D eigenvalue weighted by molar-refractivity contribution is 0.771. The number of amidine groups is 1. The number of rotatable bonds is 2. The Bertz CT molecular complexity index is 312. The van der Waals surface area contributed by atoms with E-state index < -0.39 is 0 Å². The van der Waals surface area contributed by atoms with Crippen LogP contribution >= 0.6 is 0 Å². The Kier molecular flexibility index (Phi) is 3.34. The van der Waals surface area contributed by atoms with Crippen LogP contribution in [0.5, 0.6) is 0 Å². The summed E-state index contributed by atoms with van der Waals surface area (Å²) in [6.45, 7) is 5.92. The second-order valence-corrected chi connectivity index (χ2v) is 3.08. The Hall–Kier alpha value is -1.71. The van der Waals surface area contributed by atoms with E-state index in [0.29, 0.717) is 11.7 Å². The van der Waals surface area contributed by atoms with Crippen molar-refractivity contribution in [2.75, 3.05) is 0 Å². The number of hydrogen-bond acceptors (Lipinski definition) is 4. The molecule has 1 unspecified atom stereocenters. The van der Waals surface area contributed by atoms with Crippen molar-refractivity contribution in [3.05, 3.63) is 36.3 Å². The molecule has 0 saturated carbocycles. The van der Waals surface area contributed by atoms with Crippen molar-refractivity contribution < 1.29 is 0 Å². The lowest BCUT2D eigenvalue weighted by Crippen LogP contribution is -2.31. The van der Waals surface area contributed by atoms with Crippen LogP contribution in [0.4, 0.5) is 0 Å². The Morgan fingerprint density at radius 1 is 1.79 bits per heavy atom. The molecule has 0 aromatic carbocycles. The standard InChI is InChI=1S/C10H16N4/c1-3-8-5-4-7(2)10(13-8)14-9(12)6-11/h4-6,8H,2-3,11-12H2,1H3,(H,13,14)/b9-6-. The molecule has 1 aliphatic heterocycles. The fourth-order valence-electron chi connectivity index (χ4n) is 1.12. The van der Waals surface area contributed by atoms with Crippen molar-refractivity contribution in [2.45, 2.75) is 19.4 Å². The van der Waals surface area contributed by atoms with Gasteiger partial charge in [-0.15, -0.1) is 0 Å². The Morgan fingerprint density at radius 3 is 3.07 bits per heavy atom. The minimum Gasteiger partial charge on any atom is -0.402 e. The van der Waals surface area contributed by atoms with Gasteiger partial charge >= 0.3 is 0 Å². The number of nitrogens with two attached hydrogens (primary N) is 2.